The van der Waals surface area contributed by atoms with Crippen LogP contribution in [0.1, 0.15) is 15.9 Å². The number of thiophene rings is 1. The summed E-state index contributed by atoms with van der Waals surface area (Å²) >= 11 is 1.12. The molecule has 7 nitrogen and oxygen atoms in total. The van der Waals surface area contributed by atoms with Crippen molar-refractivity contribution in [2.75, 3.05) is 14.2 Å². The monoisotopic (exact) mass is 368 g/mol. The van der Waals surface area contributed by atoms with Gasteiger partial charge in [0.15, 0.2) is 5.06 Å². The first kappa shape index (κ1) is 18.0. The fourth-order valence-electron chi connectivity index (χ4n) is 1.98. The molecule has 0 aliphatic carbocycles. The van der Waals surface area contributed by atoms with Crippen molar-refractivity contribution in [3.05, 3.63) is 46.8 Å². The number of nitrogens with one attached hydrogen (secondary N) is 2. The van der Waals surface area contributed by atoms with E-state index in [0.717, 1.165) is 11.3 Å². The topological polar surface area (TPSA) is 102 Å². The summed E-state index contributed by atoms with van der Waals surface area (Å²) in [6.07, 6.45) is -0.125. The van der Waals surface area contributed by atoms with Crippen LogP contribution in [-0.2, 0) is 21.2 Å². The van der Waals surface area contributed by atoms with Crippen LogP contribution in [0.4, 0.5) is 0 Å². The summed E-state index contributed by atoms with van der Waals surface area (Å²) < 4.78 is 31.4. The van der Waals surface area contributed by atoms with Crippen LogP contribution >= 0.6 is 11.3 Å². The number of sulfonamides is 1. The van der Waals surface area contributed by atoms with Gasteiger partial charge in [0.25, 0.3) is 15.9 Å². The highest BCUT2D eigenvalue weighted by Crippen LogP contribution is 2.29. The van der Waals surface area contributed by atoms with E-state index in [1.54, 1.807) is 29.6 Å². The number of hydrogen-bond donors (Lipinski definition) is 2. The number of rotatable bonds is 6. The predicted octanol–water partition coefficient (Wildman–Crippen LogP) is 1.16. The summed E-state index contributed by atoms with van der Waals surface area (Å²) in [6, 6.07) is 7.71. The van der Waals surface area contributed by atoms with Crippen LogP contribution in [0.2, 0.25) is 0 Å². The number of amides is 2. The summed E-state index contributed by atoms with van der Waals surface area (Å²) in [4.78, 5) is 23.4. The second-order valence-corrected chi connectivity index (χ2v) is 7.29. The molecular formula is C15H16N2O5S2. The number of carbonyl (C=O) groups excluding carboxylic acids is 2. The van der Waals surface area contributed by atoms with Gasteiger partial charge >= 0.3 is 0 Å². The summed E-state index contributed by atoms with van der Waals surface area (Å²) in [5.41, 5.74) is 1.05. The molecule has 2 N–H and O–H groups in total. The minimum atomic E-state index is -3.98. The summed E-state index contributed by atoms with van der Waals surface area (Å²) in [5, 5.41) is 4.27. The number of ether oxygens (including phenoxy) is 1. The molecule has 24 heavy (non-hydrogen) atoms. The zero-order chi connectivity index (χ0) is 17.7. The molecule has 0 spiro atoms. The van der Waals surface area contributed by atoms with Crippen molar-refractivity contribution in [2.24, 2.45) is 0 Å². The zero-order valence-electron chi connectivity index (χ0n) is 13.0. The maximum atomic E-state index is 12.2. The smallest absolute Gasteiger partial charge is 0.268 e. The predicted molar refractivity (Wildman–Crippen MR) is 89.7 cm³/mol. The molecule has 0 radical (unpaired) electrons. The molecular weight excluding hydrogens is 352 g/mol. The minimum Gasteiger partial charge on any atom is -0.486 e. The van der Waals surface area contributed by atoms with Gasteiger partial charge in [0, 0.05) is 12.6 Å². The van der Waals surface area contributed by atoms with E-state index in [-0.39, 0.29) is 22.3 Å². The average molecular weight is 368 g/mol. The van der Waals surface area contributed by atoms with Crippen molar-refractivity contribution in [3.63, 3.8) is 0 Å². The lowest BCUT2D eigenvalue weighted by Crippen LogP contribution is -2.31. The van der Waals surface area contributed by atoms with Crippen molar-refractivity contribution in [2.45, 2.75) is 11.3 Å². The highest BCUT2D eigenvalue weighted by molar-refractivity contribution is 7.90. The Kier molecular flexibility index (Phi) is 5.58. The fourth-order valence-corrected chi connectivity index (χ4v) is 4.18. The molecule has 9 heteroatoms. The maximum absolute atomic E-state index is 12.2. The van der Waals surface area contributed by atoms with E-state index in [0.29, 0.717) is 11.1 Å². The van der Waals surface area contributed by atoms with Crippen LogP contribution in [0.5, 0.6) is 5.06 Å². The van der Waals surface area contributed by atoms with Gasteiger partial charge in [0.05, 0.1) is 13.5 Å². The number of methoxy groups -OCH3 is 1. The van der Waals surface area contributed by atoms with Crippen LogP contribution in [0.25, 0.3) is 0 Å². The van der Waals surface area contributed by atoms with Gasteiger partial charge in [-0.2, -0.15) is 0 Å². The van der Waals surface area contributed by atoms with Crippen LogP contribution in [-0.4, -0.2) is 34.4 Å². The molecule has 128 valence electrons. The Balaban J connectivity index is 2.06. The van der Waals surface area contributed by atoms with Crippen LogP contribution in [0, 0.1) is 0 Å². The average Bonchev–Trinajstić information content (AvgIpc) is 3.04. The van der Waals surface area contributed by atoms with Crippen molar-refractivity contribution in [1.82, 2.24) is 10.0 Å². The van der Waals surface area contributed by atoms with Gasteiger partial charge in [-0.25, -0.2) is 13.1 Å². The first-order valence-corrected chi connectivity index (χ1v) is 9.22. The first-order chi connectivity index (χ1) is 11.4. The van der Waals surface area contributed by atoms with E-state index in [2.05, 4.69) is 5.32 Å². The number of carbonyl (C=O) groups is 2. The van der Waals surface area contributed by atoms with E-state index in [4.69, 9.17) is 4.74 Å². The van der Waals surface area contributed by atoms with Gasteiger partial charge in [0.2, 0.25) is 5.91 Å². The second-order valence-electron chi connectivity index (χ2n) is 4.76. The van der Waals surface area contributed by atoms with Crippen LogP contribution in [0.3, 0.4) is 0 Å². The quantitative estimate of drug-likeness (QED) is 0.797. The maximum Gasteiger partial charge on any atom is 0.268 e. The van der Waals surface area contributed by atoms with Gasteiger partial charge in [0.1, 0.15) is 4.90 Å². The molecule has 0 unspecified atom stereocenters. The third-order valence-corrected chi connectivity index (χ3v) is 5.53. The second kappa shape index (κ2) is 7.45. The number of hydrogen-bond acceptors (Lipinski definition) is 6. The minimum absolute atomic E-state index is 0.0710. The Hall–Kier alpha value is -2.39. The van der Waals surface area contributed by atoms with Gasteiger partial charge in [-0.1, -0.05) is 12.1 Å². The van der Waals surface area contributed by atoms with E-state index in [1.807, 2.05) is 4.72 Å². The molecule has 0 fully saturated rings. The molecule has 0 aliphatic rings. The molecule has 0 saturated carbocycles. The third kappa shape index (κ3) is 4.12. The normalized spacial score (nSPS) is 10.9. The van der Waals surface area contributed by atoms with Crippen molar-refractivity contribution < 1.29 is 22.7 Å². The lowest BCUT2D eigenvalue weighted by atomic mass is 10.1. The molecule has 2 rings (SSSR count). The molecule has 1 aromatic heterocycles. The molecule has 0 bridgehead atoms. The van der Waals surface area contributed by atoms with E-state index in [9.17, 15) is 18.0 Å². The Labute approximate surface area is 143 Å². The Morgan fingerprint density at radius 3 is 2.42 bits per heavy atom. The number of benzene rings is 1. The Morgan fingerprint density at radius 1 is 1.17 bits per heavy atom. The van der Waals surface area contributed by atoms with Crippen molar-refractivity contribution in [3.8, 4) is 5.06 Å². The molecule has 0 saturated heterocycles. The van der Waals surface area contributed by atoms with Crippen LogP contribution in [0.15, 0.2) is 40.6 Å². The van der Waals surface area contributed by atoms with Crippen LogP contribution < -0.4 is 14.8 Å². The lowest BCUT2D eigenvalue weighted by Gasteiger charge is -2.07. The largest absolute Gasteiger partial charge is 0.486 e. The SMILES string of the molecule is CNC(=O)c1ccc(CC(=O)NS(=O)(=O)c2ccsc2OC)cc1. The molecule has 1 aromatic carbocycles. The Morgan fingerprint density at radius 2 is 1.83 bits per heavy atom. The van der Waals surface area contributed by atoms with E-state index < -0.39 is 15.9 Å². The van der Waals surface area contributed by atoms with Gasteiger partial charge in [-0.15, -0.1) is 11.3 Å². The standard InChI is InChI=1S/C15H16N2O5S2/c1-16-14(19)11-5-3-10(4-6-11)9-13(18)17-24(20,21)12-7-8-23-15(12)22-2/h3-8H,9H2,1-2H3,(H,16,19)(H,17,18). The lowest BCUT2D eigenvalue weighted by molar-refractivity contribution is -0.118. The first-order valence-electron chi connectivity index (χ1n) is 6.85. The Bertz CT molecular complexity index is 841. The molecule has 2 amide bonds. The van der Waals surface area contributed by atoms with E-state index >= 15 is 0 Å². The summed E-state index contributed by atoms with van der Waals surface area (Å²) in [7, 11) is -1.10. The van der Waals surface area contributed by atoms with Gasteiger partial charge in [-0.05, 0) is 29.1 Å². The third-order valence-electron chi connectivity index (χ3n) is 3.13. The highest BCUT2D eigenvalue weighted by Gasteiger charge is 2.23. The summed E-state index contributed by atoms with van der Waals surface area (Å²) in [5.74, 6) is -0.908. The zero-order valence-corrected chi connectivity index (χ0v) is 14.7. The van der Waals surface area contributed by atoms with E-state index in [1.165, 1.54) is 20.2 Å². The van der Waals surface area contributed by atoms with Crippen molar-refractivity contribution >= 4 is 33.2 Å². The summed E-state index contributed by atoms with van der Waals surface area (Å²) in [6.45, 7) is 0. The fraction of sp³-hybridized carbons (Fsp3) is 0.200. The molecule has 2 aromatic rings. The molecule has 1 heterocycles. The molecule has 0 atom stereocenters. The van der Waals surface area contributed by atoms with Crippen molar-refractivity contribution in [1.29, 1.82) is 0 Å². The van der Waals surface area contributed by atoms with Gasteiger partial charge in [-0.3, -0.25) is 9.59 Å². The molecule has 0 aliphatic heterocycles. The highest BCUT2D eigenvalue weighted by atomic mass is 32.2. The van der Waals surface area contributed by atoms with Gasteiger partial charge < -0.3 is 10.1 Å².